The Hall–Kier alpha value is -2.16. The standard InChI is InChI=1S/C14H13NO2/c1-17-12-6-4-5-11(9-12)10-14(16)13-7-2-3-8-15-13/h2-9H,10H2,1H3. The average Bonchev–Trinajstić information content (AvgIpc) is 2.40. The second kappa shape index (κ2) is 5.25. The first-order valence-electron chi connectivity index (χ1n) is 5.37. The predicted octanol–water partition coefficient (Wildman–Crippen LogP) is 2.52. The molecule has 0 unspecified atom stereocenters. The molecule has 0 aliphatic carbocycles. The summed E-state index contributed by atoms with van der Waals surface area (Å²) < 4.78 is 5.12. The molecule has 17 heavy (non-hydrogen) atoms. The fourth-order valence-corrected chi connectivity index (χ4v) is 1.59. The number of hydrogen-bond donors (Lipinski definition) is 0. The molecule has 0 aliphatic heterocycles. The van der Waals surface area contributed by atoms with Gasteiger partial charge in [-0.2, -0.15) is 0 Å². The van der Waals surface area contributed by atoms with E-state index in [1.807, 2.05) is 30.3 Å². The van der Waals surface area contributed by atoms with Crippen molar-refractivity contribution < 1.29 is 9.53 Å². The summed E-state index contributed by atoms with van der Waals surface area (Å²) >= 11 is 0. The molecular weight excluding hydrogens is 214 g/mol. The van der Waals surface area contributed by atoms with Gasteiger partial charge < -0.3 is 4.74 Å². The molecule has 3 nitrogen and oxygen atoms in total. The number of ether oxygens (including phenoxy) is 1. The molecular formula is C14H13NO2. The highest BCUT2D eigenvalue weighted by Crippen LogP contribution is 2.14. The van der Waals surface area contributed by atoms with Crippen LogP contribution in [0.25, 0.3) is 0 Å². The van der Waals surface area contributed by atoms with Crippen molar-refractivity contribution in [3.63, 3.8) is 0 Å². The number of aromatic nitrogens is 1. The molecule has 0 aliphatic rings. The zero-order valence-electron chi connectivity index (χ0n) is 9.59. The summed E-state index contributed by atoms with van der Waals surface area (Å²) in [5.74, 6) is 0.773. The summed E-state index contributed by atoms with van der Waals surface area (Å²) in [7, 11) is 1.61. The van der Waals surface area contributed by atoms with Gasteiger partial charge in [0, 0.05) is 12.6 Å². The minimum atomic E-state index is 0.0128. The molecule has 0 N–H and O–H groups in total. The summed E-state index contributed by atoms with van der Waals surface area (Å²) in [5.41, 5.74) is 1.43. The lowest BCUT2D eigenvalue weighted by molar-refractivity contribution is 0.0988. The van der Waals surface area contributed by atoms with Gasteiger partial charge in [-0.15, -0.1) is 0 Å². The lowest BCUT2D eigenvalue weighted by atomic mass is 10.1. The highest BCUT2D eigenvalue weighted by Gasteiger charge is 2.08. The van der Waals surface area contributed by atoms with Crippen LogP contribution in [0.15, 0.2) is 48.7 Å². The number of rotatable bonds is 4. The maximum atomic E-state index is 11.9. The second-order valence-corrected chi connectivity index (χ2v) is 3.67. The Morgan fingerprint density at radius 2 is 2.12 bits per heavy atom. The van der Waals surface area contributed by atoms with Crippen LogP contribution in [0.5, 0.6) is 5.75 Å². The highest BCUT2D eigenvalue weighted by atomic mass is 16.5. The normalized spacial score (nSPS) is 9.94. The zero-order valence-corrected chi connectivity index (χ0v) is 9.59. The smallest absolute Gasteiger partial charge is 0.185 e. The van der Waals surface area contributed by atoms with Gasteiger partial charge in [0.25, 0.3) is 0 Å². The van der Waals surface area contributed by atoms with Crippen LogP contribution in [0.2, 0.25) is 0 Å². The number of ketones is 1. The van der Waals surface area contributed by atoms with Crippen LogP contribution in [0, 0.1) is 0 Å². The molecule has 0 radical (unpaired) electrons. The van der Waals surface area contributed by atoms with Crippen LogP contribution < -0.4 is 4.74 Å². The Kier molecular flexibility index (Phi) is 3.50. The van der Waals surface area contributed by atoms with E-state index in [0.717, 1.165) is 11.3 Å². The van der Waals surface area contributed by atoms with Crippen molar-refractivity contribution >= 4 is 5.78 Å². The van der Waals surface area contributed by atoms with Gasteiger partial charge in [-0.25, -0.2) is 0 Å². The predicted molar refractivity (Wildman–Crippen MR) is 65.3 cm³/mol. The largest absolute Gasteiger partial charge is 0.497 e. The number of carbonyl (C=O) groups is 1. The van der Waals surface area contributed by atoms with Gasteiger partial charge in [0.15, 0.2) is 5.78 Å². The number of nitrogens with zero attached hydrogens (tertiary/aromatic N) is 1. The molecule has 2 rings (SSSR count). The molecule has 2 aromatic rings. The number of pyridine rings is 1. The number of Topliss-reactive ketones (excluding diaryl/α,β-unsaturated/α-hetero) is 1. The monoisotopic (exact) mass is 227 g/mol. The van der Waals surface area contributed by atoms with Crippen LogP contribution in [-0.2, 0) is 6.42 Å². The molecule has 1 heterocycles. The third kappa shape index (κ3) is 2.91. The van der Waals surface area contributed by atoms with Gasteiger partial charge in [-0.05, 0) is 29.8 Å². The fraction of sp³-hybridized carbons (Fsp3) is 0.143. The van der Waals surface area contributed by atoms with E-state index in [1.165, 1.54) is 0 Å². The van der Waals surface area contributed by atoms with Crippen molar-refractivity contribution in [1.82, 2.24) is 4.98 Å². The number of carbonyl (C=O) groups excluding carboxylic acids is 1. The van der Waals surface area contributed by atoms with E-state index in [1.54, 1.807) is 25.4 Å². The van der Waals surface area contributed by atoms with E-state index in [0.29, 0.717) is 12.1 Å². The maximum absolute atomic E-state index is 11.9. The summed E-state index contributed by atoms with van der Waals surface area (Å²) in [6, 6.07) is 12.8. The minimum Gasteiger partial charge on any atom is -0.497 e. The Morgan fingerprint density at radius 3 is 2.82 bits per heavy atom. The van der Waals surface area contributed by atoms with Crippen LogP contribution in [-0.4, -0.2) is 17.9 Å². The summed E-state index contributed by atoms with van der Waals surface area (Å²) in [6.45, 7) is 0. The van der Waals surface area contributed by atoms with Gasteiger partial charge in [-0.3, -0.25) is 9.78 Å². The van der Waals surface area contributed by atoms with E-state index < -0.39 is 0 Å². The van der Waals surface area contributed by atoms with Crippen LogP contribution >= 0.6 is 0 Å². The van der Waals surface area contributed by atoms with Gasteiger partial charge in [0.2, 0.25) is 0 Å². The Morgan fingerprint density at radius 1 is 1.24 bits per heavy atom. The van der Waals surface area contributed by atoms with Gasteiger partial charge >= 0.3 is 0 Å². The minimum absolute atomic E-state index is 0.0128. The molecule has 0 saturated carbocycles. The number of methoxy groups -OCH3 is 1. The first kappa shape index (κ1) is 11.3. The third-order valence-corrected chi connectivity index (χ3v) is 2.45. The molecule has 0 amide bonds. The Labute approximate surface area is 100 Å². The van der Waals surface area contributed by atoms with Crippen LogP contribution in [0.4, 0.5) is 0 Å². The van der Waals surface area contributed by atoms with E-state index in [9.17, 15) is 4.79 Å². The highest BCUT2D eigenvalue weighted by molar-refractivity contribution is 5.95. The first-order valence-corrected chi connectivity index (χ1v) is 5.37. The zero-order chi connectivity index (χ0) is 12.1. The summed E-state index contributed by atoms with van der Waals surface area (Å²) in [4.78, 5) is 15.9. The van der Waals surface area contributed by atoms with Crippen LogP contribution in [0.3, 0.4) is 0 Å². The van der Waals surface area contributed by atoms with Crippen molar-refractivity contribution in [2.45, 2.75) is 6.42 Å². The van der Waals surface area contributed by atoms with Crippen molar-refractivity contribution in [3.05, 3.63) is 59.9 Å². The van der Waals surface area contributed by atoms with Crippen molar-refractivity contribution in [2.24, 2.45) is 0 Å². The molecule has 0 atom stereocenters. The van der Waals surface area contributed by atoms with E-state index in [2.05, 4.69) is 4.98 Å². The quantitative estimate of drug-likeness (QED) is 0.753. The van der Waals surface area contributed by atoms with E-state index in [-0.39, 0.29) is 5.78 Å². The first-order chi connectivity index (χ1) is 8.29. The number of benzene rings is 1. The van der Waals surface area contributed by atoms with Crippen LogP contribution in [0.1, 0.15) is 16.1 Å². The molecule has 3 heteroatoms. The average molecular weight is 227 g/mol. The Bertz CT molecular complexity index is 509. The molecule has 0 saturated heterocycles. The lowest BCUT2D eigenvalue weighted by Crippen LogP contribution is -2.05. The topological polar surface area (TPSA) is 39.2 Å². The maximum Gasteiger partial charge on any atom is 0.185 e. The lowest BCUT2D eigenvalue weighted by Gasteiger charge is -2.03. The van der Waals surface area contributed by atoms with E-state index >= 15 is 0 Å². The molecule has 0 fully saturated rings. The molecule has 0 bridgehead atoms. The second-order valence-electron chi connectivity index (χ2n) is 3.67. The van der Waals surface area contributed by atoms with E-state index in [4.69, 9.17) is 4.74 Å². The van der Waals surface area contributed by atoms with Gasteiger partial charge in [0.1, 0.15) is 11.4 Å². The number of hydrogen-bond acceptors (Lipinski definition) is 3. The Balaban J connectivity index is 2.13. The molecule has 1 aromatic carbocycles. The molecule has 0 spiro atoms. The van der Waals surface area contributed by atoms with Crippen molar-refractivity contribution in [3.8, 4) is 5.75 Å². The fourth-order valence-electron chi connectivity index (χ4n) is 1.59. The van der Waals surface area contributed by atoms with Gasteiger partial charge in [-0.1, -0.05) is 18.2 Å². The SMILES string of the molecule is COc1cccc(CC(=O)c2ccccn2)c1. The molecule has 86 valence electrons. The summed E-state index contributed by atoms with van der Waals surface area (Å²) in [5, 5.41) is 0. The van der Waals surface area contributed by atoms with Crippen molar-refractivity contribution in [1.29, 1.82) is 0 Å². The van der Waals surface area contributed by atoms with Crippen molar-refractivity contribution in [2.75, 3.05) is 7.11 Å². The summed E-state index contributed by atoms with van der Waals surface area (Å²) in [6.07, 6.45) is 1.97. The molecule has 1 aromatic heterocycles. The third-order valence-electron chi connectivity index (χ3n) is 2.45. The van der Waals surface area contributed by atoms with Gasteiger partial charge in [0.05, 0.1) is 7.11 Å².